The molecule has 0 spiro atoms. The van der Waals surface area contributed by atoms with Crippen LogP contribution in [0.4, 0.5) is 0 Å². The molecule has 0 radical (unpaired) electrons. The molecule has 0 aliphatic heterocycles. The Balaban J connectivity index is 2.46. The molecule has 3 N–H and O–H groups in total. The first kappa shape index (κ1) is 15.2. The zero-order chi connectivity index (χ0) is 15.0. The van der Waals surface area contributed by atoms with Gasteiger partial charge in [0.2, 0.25) is 5.91 Å². The van der Waals surface area contributed by atoms with Gasteiger partial charge in [-0.1, -0.05) is 18.2 Å². The topological polar surface area (TPSA) is 95.5 Å². The zero-order valence-corrected chi connectivity index (χ0v) is 10.6. The van der Waals surface area contributed by atoms with Crippen LogP contribution < -0.4 is 10.6 Å². The van der Waals surface area contributed by atoms with Crippen molar-refractivity contribution in [1.82, 2.24) is 10.6 Å². The molecule has 0 saturated heterocycles. The van der Waals surface area contributed by atoms with Crippen LogP contribution in [0.15, 0.2) is 30.3 Å². The van der Waals surface area contributed by atoms with Crippen LogP contribution in [0.1, 0.15) is 16.8 Å². The fourth-order valence-corrected chi connectivity index (χ4v) is 1.42. The number of carboxylic acids is 1. The van der Waals surface area contributed by atoms with Crippen LogP contribution in [0.2, 0.25) is 0 Å². The molecule has 1 atom stereocenters. The minimum Gasteiger partial charge on any atom is -0.480 e. The van der Waals surface area contributed by atoms with Crippen molar-refractivity contribution in [3.63, 3.8) is 0 Å². The van der Waals surface area contributed by atoms with Crippen LogP contribution >= 0.6 is 0 Å². The van der Waals surface area contributed by atoms with Crippen molar-refractivity contribution < 1.29 is 19.5 Å². The van der Waals surface area contributed by atoms with Crippen molar-refractivity contribution in [2.45, 2.75) is 12.5 Å². The summed E-state index contributed by atoms with van der Waals surface area (Å²) in [7, 11) is 0. The average Bonchev–Trinajstić information content (AvgIpc) is 2.45. The second-order valence-corrected chi connectivity index (χ2v) is 3.92. The highest BCUT2D eigenvalue weighted by Crippen LogP contribution is 1.97. The van der Waals surface area contributed by atoms with Gasteiger partial charge in [0.05, 0.1) is 6.54 Å². The fraction of sp³-hybridized carbons (Fsp3) is 0.214. The van der Waals surface area contributed by atoms with Gasteiger partial charge in [-0.3, -0.25) is 9.59 Å². The third-order valence-electron chi connectivity index (χ3n) is 2.40. The predicted molar refractivity (Wildman–Crippen MR) is 71.8 cm³/mol. The normalized spacial score (nSPS) is 10.9. The summed E-state index contributed by atoms with van der Waals surface area (Å²) in [6, 6.07) is 7.21. The Morgan fingerprint density at radius 3 is 2.45 bits per heavy atom. The molecule has 0 heterocycles. The van der Waals surface area contributed by atoms with E-state index in [0.29, 0.717) is 5.56 Å². The first-order chi connectivity index (χ1) is 9.54. The smallest absolute Gasteiger partial charge is 0.327 e. The van der Waals surface area contributed by atoms with E-state index in [1.165, 1.54) is 0 Å². The third-order valence-corrected chi connectivity index (χ3v) is 2.40. The van der Waals surface area contributed by atoms with E-state index in [2.05, 4.69) is 16.6 Å². The van der Waals surface area contributed by atoms with Gasteiger partial charge < -0.3 is 15.7 Å². The second-order valence-electron chi connectivity index (χ2n) is 3.92. The van der Waals surface area contributed by atoms with Gasteiger partial charge in [0.1, 0.15) is 6.04 Å². The molecule has 0 bridgehead atoms. The van der Waals surface area contributed by atoms with Crippen LogP contribution in [0.5, 0.6) is 0 Å². The number of amides is 2. The van der Waals surface area contributed by atoms with Crippen LogP contribution in [-0.4, -0.2) is 35.5 Å². The van der Waals surface area contributed by atoms with Crippen molar-refractivity contribution in [3.05, 3.63) is 35.9 Å². The molecular weight excluding hydrogens is 260 g/mol. The summed E-state index contributed by atoms with van der Waals surface area (Å²) in [5, 5.41) is 13.4. The Morgan fingerprint density at radius 1 is 1.25 bits per heavy atom. The first-order valence-corrected chi connectivity index (χ1v) is 5.83. The molecule has 1 aromatic rings. The lowest BCUT2D eigenvalue weighted by Crippen LogP contribution is -2.45. The van der Waals surface area contributed by atoms with Crippen LogP contribution in [-0.2, 0) is 9.59 Å². The van der Waals surface area contributed by atoms with Gasteiger partial charge in [0.25, 0.3) is 5.91 Å². The summed E-state index contributed by atoms with van der Waals surface area (Å²) in [6.45, 7) is -0.317. The largest absolute Gasteiger partial charge is 0.480 e. The van der Waals surface area contributed by atoms with Crippen molar-refractivity contribution in [3.8, 4) is 12.3 Å². The maximum Gasteiger partial charge on any atom is 0.327 e. The van der Waals surface area contributed by atoms with Crippen LogP contribution in [0, 0.1) is 12.3 Å². The number of carbonyl (C=O) groups excluding carboxylic acids is 2. The molecule has 0 unspecified atom stereocenters. The van der Waals surface area contributed by atoms with Crippen molar-refractivity contribution in [2.75, 3.05) is 6.54 Å². The van der Waals surface area contributed by atoms with Gasteiger partial charge >= 0.3 is 5.97 Å². The molecule has 1 rings (SSSR count). The Kier molecular flexibility index (Phi) is 5.78. The number of rotatable bonds is 6. The van der Waals surface area contributed by atoms with Gasteiger partial charge in [-0.15, -0.1) is 12.3 Å². The van der Waals surface area contributed by atoms with E-state index in [1.807, 2.05) is 0 Å². The minimum absolute atomic E-state index is 0.117. The molecule has 0 aliphatic carbocycles. The van der Waals surface area contributed by atoms with E-state index in [9.17, 15) is 14.4 Å². The van der Waals surface area contributed by atoms with E-state index >= 15 is 0 Å². The number of carboxylic acid groups (broad SMARTS) is 1. The van der Waals surface area contributed by atoms with E-state index in [1.54, 1.807) is 30.3 Å². The van der Waals surface area contributed by atoms with E-state index in [-0.39, 0.29) is 13.0 Å². The third kappa shape index (κ3) is 4.82. The van der Waals surface area contributed by atoms with Gasteiger partial charge in [-0.25, -0.2) is 4.79 Å². The molecule has 0 aromatic heterocycles. The van der Waals surface area contributed by atoms with Crippen molar-refractivity contribution >= 4 is 17.8 Å². The molecule has 0 aliphatic rings. The number of carbonyl (C=O) groups is 3. The number of aliphatic carboxylic acids is 1. The molecule has 104 valence electrons. The Labute approximate surface area is 116 Å². The lowest BCUT2D eigenvalue weighted by atomic mass is 10.2. The summed E-state index contributed by atoms with van der Waals surface area (Å²) < 4.78 is 0. The predicted octanol–water partition coefficient (Wildman–Crippen LogP) is 0.00910. The number of benzene rings is 1. The van der Waals surface area contributed by atoms with Gasteiger partial charge in [0, 0.05) is 12.0 Å². The highest BCUT2D eigenvalue weighted by molar-refractivity contribution is 5.96. The molecule has 2 amide bonds. The number of hydrogen-bond donors (Lipinski definition) is 3. The Hall–Kier alpha value is -2.81. The van der Waals surface area contributed by atoms with Gasteiger partial charge in [-0.05, 0) is 12.1 Å². The van der Waals surface area contributed by atoms with E-state index in [0.717, 1.165) is 0 Å². The molecule has 0 saturated carbocycles. The van der Waals surface area contributed by atoms with Crippen LogP contribution in [0.3, 0.4) is 0 Å². The minimum atomic E-state index is -1.22. The highest BCUT2D eigenvalue weighted by atomic mass is 16.4. The molecule has 0 fully saturated rings. The van der Waals surface area contributed by atoms with Crippen molar-refractivity contribution in [1.29, 1.82) is 0 Å². The lowest BCUT2D eigenvalue weighted by Gasteiger charge is -2.12. The molecular formula is C14H14N2O4. The number of nitrogens with one attached hydrogen (secondary N) is 2. The fourth-order valence-electron chi connectivity index (χ4n) is 1.42. The number of hydrogen-bond acceptors (Lipinski definition) is 3. The SMILES string of the molecule is C#CC[C@H](NC(=O)CNC(=O)c1ccccc1)C(=O)O. The second kappa shape index (κ2) is 7.59. The van der Waals surface area contributed by atoms with Crippen LogP contribution in [0.25, 0.3) is 0 Å². The van der Waals surface area contributed by atoms with E-state index < -0.39 is 23.8 Å². The van der Waals surface area contributed by atoms with Gasteiger partial charge in [0.15, 0.2) is 0 Å². The average molecular weight is 274 g/mol. The summed E-state index contributed by atoms with van der Waals surface area (Å²) in [5.74, 6) is -0.0810. The maximum atomic E-state index is 11.7. The maximum absolute atomic E-state index is 11.7. The zero-order valence-electron chi connectivity index (χ0n) is 10.6. The quantitative estimate of drug-likeness (QED) is 0.637. The number of terminal acetylenes is 1. The molecule has 6 nitrogen and oxygen atoms in total. The summed E-state index contributed by atoms with van der Waals surface area (Å²) in [4.78, 5) is 34.0. The molecule has 20 heavy (non-hydrogen) atoms. The summed E-state index contributed by atoms with van der Waals surface area (Å²) in [6.07, 6.45) is 4.89. The summed E-state index contributed by atoms with van der Waals surface area (Å²) >= 11 is 0. The van der Waals surface area contributed by atoms with Gasteiger partial charge in [-0.2, -0.15) is 0 Å². The Morgan fingerprint density at radius 2 is 1.90 bits per heavy atom. The highest BCUT2D eigenvalue weighted by Gasteiger charge is 2.18. The monoisotopic (exact) mass is 274 g/mol. The standard InChI is InChI=1S/C14H14N2O4/c1-2-6-11(14(19)20)16-12(17)9-15-13(18)10-7-4-3-5-8-10/h1,3-5,7-8,11H,6,9H2,(H,15,18)(H,16,17)(H,19,20)/t11-/m0/s1. The van der Waals surface area contributed by atoms with Crippen molar-refractivity contribution in [2.24, 2.45) is 0 Å². The first-order valence-electron chi connectivity index (χ1n) is 5.83. The molecule has 6 heteroatoms. The molecule has 1 aromatic carbocycles. The Bertz CT molecular complexity index is 534. The van der Waals surface area contributed by atoms with E-state index in [4.69, 9.17) is 11.5 Å². The lowest BCUT2D eigenvalue weighted by molar-refractivity contribution is -0.141. The summed E-state index contributed by atoms with van der Waals surface area (Å²) in [5.41, 5.74) is 0.415.